The molecule has 3 heterocycles. The lowest BCUT2D eigenvalue weighted by Crippen LogP contribution is -2.45. The molecule has 0 aliphatic carbocycles. The molecular weight excluding hydrogens is 346 g/mol. The van der Waals surface area contributed by atoms with E-state index in [4.69, 9.17) is 4.98 Å². The number of benzene rings is 1. The molecule has 4 rings (SSSR count). The normalized spacial score (nSPS) is 16.4. The Morgan fingerprint density at radius 3 is 2.44 bits per heavy atom. The average molecular weight is 370 g/mol. The third kappa shape index (κ3) is 4.18. The van der Waals surface area contributed by atoms with Crippen LogP contribution in [0.15, 0.2) is 46.5 Å². The smallest absolute Gasteiger partial charge is 0.124 e. The average Bonchev–Trinajstić information content (AvgIpc) is 3.30. The minimum Gasteiger partial charge on any atom is -0.297 e. The number of nitrogens with zero attached hydrogens (tertiary/aromatic N) is 3. The summed E-state index contributed by atoms with van der Waals surface area (Å²) in [5.74, 6) is 0. The molecule has 2 aromatic heterocycles. The van der Waals surface area contributed by atoms with E-state index in [0.717, 1.165) is 44.3 Å². The first-order valence-corrected chi connectivity index (χ1v) is 10.6. The highest BCUT2D eigenvalue weighted by molar-refractivity contribution is 7.14. The van der Waals surface area contributed by atoms with Gasteiger partial charge in [0.05, 0.1) is 5.69 Å². The van der Waals surface area contributed by atoms with Gasteiger partial charge in [-0.15, -0.1) is 11.3 Å². The number of aryl methyl sites for hydroxylation is 1. The minimum atomic E-state index is 0.971. The van der Waals surface area contributed by atoms with Gasteiger partial charge in [0.1, 0.15) is 5.01 Å². The van der Waals surface area contributed by atoms with Crippen LogP contribution in [0.4, 0.5) is 0 Å². The largest absolute Gasteiger partial charge is 0.297 e. The Morgan fingerprint density at radius 2 is 1.72 bits per heavy atom. The summed E-state index contributed by atoms with van der Waals surface area (Å²) in [5, 5.41) is 7.65. The predicted molar refractivity (Wildman–Crippen MR) is 107 cm³/mol. The number of thiazole rings is 1. The summed E-state index contributed by atoms with van der Waals surface area (Å²) in [6.45, 7) is 8.76. The molecule has 130 valence electrons. The van der Waals surface area contributed by atoms with Crippen molar-refractivity contribution < 1.29 is 0 Å². The van der Waals surface area contributed by atoms with Gasteiger partial charge in [0, 0.05) is 55.6 Å². The topological polar surface area (TPSA) is 19.4 Å². The summed E-state index contributed by atoms with van der Waals surface area (Å²) >= 11 is 3.49. The van der Waals surface area contributed by atoms with E-state index in [1.807, 2.05) is 0 Å². The van der Waals surface area contributed by atoms with Crippen molar-refractivity contribution in [1.82, 2.24) is 14.8 Å². The Balaban J connectivity index is 1.30. The molecule has 0 radical (unpaired) electrons. The first kappa shape index (κ1) is 16.9. The molecule has 1 aliphatic rings. The molecule has 1 aromatic carbocycles. The van der Waals surface area contributed by atoms with E-state index in [0.29, 0.717) is 0 Å². The molecular formula is C20H23N3S2. The van der Waals surface area contributed by atoms with Crippen LogP contribution in [0.3, 0.4) is 0 Å². The van der Waals surface area contributed by atoms with Crippen LogP contribution in [-0.4, -0.2) is 41.0 Å². The molecule has 0 bridgehead atoms. The highest BCUT2D eigenvalue weighted by Gasteiger charge is 2.18. The first-order valence-electron chi connectivity index (χ1n) is 8.74. The van der Waals surface area contributed by atoms with Crippen molar-refractivity contribution in [2.24, 2.45) is 0 Å². The van der Waals surface area contributed by atoms with Crippen LogP contribution in [0, 0.1) is 6.92 Å². The Hall–Kier alpha value is -1.53. The van der Waals surface area contributed by atoms with Crippen LogP contribution in [0.25, 0.3) is 10.6 Å². The monoisotopic (exact) mass is 369 g/mol. The summed E-state index contributed by atoms with van der Waals surface area (Å²) in [7, 11) is 0. The molecule has 3 nitrogen and oxygen atoms in total. The second kappa shape index (κ2) is 7.79. The summed E-state index contributed by atoms with van der Waals surface area (Å²) in [4.78, 5) is 9.91. The van der Waals surface area contributed by atoms with Crippen molar-refractivity contribution in [2.45, 2.75) is 20.0 Å². The molecule has 1 saturated heterocycles. The summed E-state index contributed by atoms with van der Waals surface area (Å²) in [6.07, 6.45) is 0. The van der Waals surface area contributed by atoms with Gasteiger partial charge in [-0.25, -0.2) is 4.98 Å². The van der Waals surface area contributed by atoms with Gasteiger partial charge >= 0.3 is 0 Å². The lowest BCUT2D eigenvalue weighted by molar-refractivity contribution is 0.121. The highest BCUT2D eigenvalue weighted by Crippen LogP contribution is 2.26. The second-order valence-electron chi connectivity index (χ2n) is 6.63. The van der Waals surface area contributed by atoms with Crippen molar-refractivity contribution in [3.05, 3.63) is 63.3 Å². The molecule has 0 spiro atoms. The van der Waals surface area contributed by atoms with Crippen molar-refractivity contribution in [1.29, 1.82) is 0 Å². The van der Waals surface area contributed by atoms with Gasteiger partial charge < -0.3 is 0 Å². The maximum Gasteiger partial charge on any atom is 0.124 e. The summed E-state index contributed by atoms with van der Waals surface area (Å²) < 4.78 is 0. The van der Waals surface area contributed by atoms with Crippen LogP contribution in [0.2, 0.25) is 0 Å². The van der Waals surface area contributed by atoms with Gasteiger partial charge in [-0.3, -0.25) is 9.80 Å². The van der Waals surface area contributed by atoms with E-state index in [1.165, 1.54) is 22.4 Å². The van der Waals surface area contributed by atoms with Crippen molar-refractivity contribution in [2.75, 3.05) is 26.2 Å². The minimum absolute atomic E-state index is 0.971. The Labute approximate surface area is 157 Å². The third-order valence-electron chi connectivity index (χ3n) is 4.83. The lowest BCUT2D eigenvalue weighted by Gasteiger charge is -2.34. The Morgan fingerprint density at radius 1 is 0.960 bits per heavy atom. The van der Waals surface area contributed by atoms with Crippen molar-refractivity contribution in [3.8, 4) is 10.6 Å². The van der Waals surface area contributed by atoms with Gasteiger partial charge in [0.15, 0.2) is 0 Å². The van der Waals surface area contributed by atoms with Crippen LogP contribution < -0.4 is 0 Å². The van der Waals surface area contributed by atoms with Gasteiger partial charge in [0.25, 0.3) is 0 Å². The van der Waals surface area contributed by atoms with Crippen LogP contribution in [0.1, 0.15) is 16.8 Å². The molecule has 3 aromatic rings. The first-order chi connectivity index (χ1) is 12.3. The van der Waals surface area contributed by atoms with E-state index in [9.17, 15) is 0 Å². The fourth-order valence-electron chi connectivity index (χ4n) is 3.26. The number of aromatic nitrogens is 1. The molecule has 0 saturated carbocycles. The van der Waals surface area contributed by atoms with Crippen molar-refractivity contribution >= 4 is 22.7 Å². The number of hydrogen-bond acceptors (Lipinski definition) is 5. The standard InChI is InChI=1S/C20H23N3S2/c1-16-4-2-3-5-17(16)12-22-7-9-23(10-8-22)13-19-15-25-20(21-19)18-6-11-24-14-18/h2-6,11,14-15H,7-10,12-13H2,1H3. The van der Waals surface area contributed by atoms with Crippen LogP contribution >= 0.6 is 22.7 Å². The van der Waals surface area contributed by atoms with E-state index in [2.05, 4.69) is 63.2 Å². The summed E-state index contributed by atoms with van der Waals surface area (Å²) in [5.41, 5.74) is 5.31. The third-order valence-corrected chi connectivity index (χ3v) is 6.45. The fraction of sp³-hybridized carbons (Fsp3) is 0.350. The molecule has 0 amide bonds. The van der Waals surface area contributed by atoms with Crippen molar-refractivity contribution in [3.63, 3.8) is 0 Å². The van der Waals surface area contributed by atoms with E-state index >= 15 is 0 Å². The number of hydrogen-bond donors (Lipinski definition) is 0. The SMILES string of the molecule is Cc1ccccc1CN1CCN(Cc2csc(-c3ccsc3)n2)CC1. The zero-order chi connectivity index (χ0) is 17.1. The van der Waals surface area contributed by atoms with Gasteiger partial charge in [0.2, 0.25) is 0 Å². The van der Waals surface area contributed by atoms with Gasteiger partial charge in [-0.05, 0) is 29.5 Å². The quantitative estimate of drug-likeness (QED) is 0.660. The zero-order valence-electron chi connectivity index (χ0n) is 14.5. The summed E-state index contributed by atoms with van der Waals surface area (Å²) in [6, 6.07) is 10.9. The fourth-order valence-corrected chi connectivity index (χ4v) is 4.78. The molecule has 1 aliphatic heterocycles. The van der Waals surface area contributed by atoms with Crippen LogP contribution in [-0.2, 0) is 13.1 Å². The van der Waals surface area contributed by atoms with Gasteiger partial charge in [-0.1, -0.05) is 24.3 Å². The molecule has 25 heavy (non-hydrogen) atoms. The lowest BCUT2D eigenvalue weighted by atomic mass is 10.1. The highest BCUT2D eigenvalue weighted by atomic mass is 32.1. The number of piperazine rings is 1. The number of rotatable bonds is 5. The van der Waals surface area contributed by atoms with E-state index < -0.39 is 0 Å². The second-order valence-corrected chi connectivity index (χ2v) is 8.27. The van der Waals surface area contributed by atoms with Crippen LogP contribution in [0.5, 0.6) is 0 Å². The molecule has 1 fully saturated rings. The maximum absolute atomic E-state index is 4.82. The zero-order valence-corrected chi connectivity index (χ0v) is 16.2. The van der Waals surface area contributed by atoms with E-state index in [1.54, 1.807) is 22.7 Å². The Bertz CT molecular complexity index is 802. The Kier molecular flexibility index (Phi) is 5.27. The van der Waals surface area contributed by atoms with Gasteiger partial charge in [-0.2, -0.15) is 11.3 Å². The van der Waals surface area contributed by atoms with E-state index in [-0.39, 0.29) is 0 Å². The predicted octanol–water partition coefficient (Wildman–Crippen LogP) is 4.50. The molecule has 0 atom stereocenters. The molecule has 0 unspecified atom stereocenters. The number of thiophene rings is 1. The maximum atomic E-state index is 4.82. The molecule has 5 heteroatoms. The molecule has 0 N–H and O–H groups in total.